The van der Waals surface area contributed by atoms with Gasteiger partial charge in [-0.25, -0.2) is 12.7 Å². The monoisotopic (exact) mass is 550 g/mol. The molecule has 0 aromatic heterocycles. The van der Waals surface area contributed by atoms with Gasteiger partial charge in [0.1, 0.15) is 0 Å². The Morgan fingerprint density at radius 2 is 1.81 bits per heavy atom. The SMILES string of the molecule is C=CC[C@@]1(C)C[C@H](c2cccc(Cl)c2)C(c2ccc(Cl)cc2)N([C@@H](CC)CN(CC)S(C)(=O)=O)C1=O. The number of halogens is 2. The van der Waals surface area contributed by atoms with Crippen LogP contribution in [0.25, 0.3) is 0 Å². The molecule has 1 amide bonds. The predicted octanol–water partition coefficient (Wildman–Crippen LogP) is 6.69. The molecule has 0 saturated carbocycles. The number of hydrogen-bond acceptors (Lipinski definition) is 3. The maximum atomic E-state index is 14.3. The van der Waals surface area contributed by atoms with E-state index in [9.17, 15) is 13.2 Å². The topological polar surface area (TPSA) is 57.7 Å². The number of carbonyl (C=O) groups excluding carboxylic acids is 1. The summed E-state index contributed by atoms with van der Waals surface area (Å²) < 4.78 is 26.4. The standard InChI is InChI=1S/C28H36Cl2N2O3S/c1-6-16-28(4)18-25(21-10-9-11-23(30)17-21)26(20-12-14-22(29)15-13-20)32(27(28)33)24(7-2)19-31(8-3)36(5,34)35/h6,9-15,17,24-26H,1,7-8,16,18-19H2,2-5H3/t24-,25+,26?,28-/m0/s1. The number of piperidine rings is 1. The largest absolute Gasteiger partial charge is 0.330 e. The fourth-order valence-corrected chi connectivity index (χ4v) is 6.67. The molecule has 1 fully saturated rings. The van der Waals surface area contributed by atoms with E-state index in [1.807, 2.05) is 68.1 Å². The lowest BCUT2D eigenvalue weighted by Gasteiger charge is -2.52. The van der Waals surface area contributed by atoms with Crippen LogP contribution in [0.5, 0.6) is 0 Å². The predicted molar refractivity (Wildman–Crippen MR) is 149 cm³/mol. The van der Waals surface area contributed by atoms with Crippen LogP contribution in [0, 0.1) is 5.41 Å². The van der Waals surface area contributed by atoms with Gasteiger partial charge in [0.05, 0.1) is 17.7 Å². The Hall–Kier alpha value is -1.86. The number of nitrogens with zero attached hydrogens (tertiary/aromatic N) is 2. The normalized spacial score (nSPS) is 23.6. The molecule has 0 bridgehead atoms. The zero-order chi connectivity index (χ0) is 26.7. The molecule has 2 aromatic carbocycles. The Bertz CT molecular complexity index is 1190. The minimum Gasteiger partial charge on any atom is -0.330 e. The summed E-state index contributed by atoms with van der Waals surface area (Å²) in [7, 11) is -3.43. The van der Waals surface area contributed by atoms with Crippen molar-refractivity contribution in [3.8, 4) is 0 Å². The zero-order valence-corrected chi connectivity index (χ0v) is 23.8. The maximum absolute atomic E-state index is 14.3. The molecular formula is C28H36Cl2N2O3S. The van der Waals surface area contributed by atoms with Crippen LogP contribution in [0.15, 0.2) is 61.2 Å². The quantitative estimate of drug-likeness (QED) is 0.309. The minimum atomic E-state index is -3.43. The molecule has 2 aromatic rings. The number of hydrogen-bond donors (Lipinski definition) is 0. The van der Waals surface area contributed by atoms with Crippen molar-refractivity contribution in [3.63, 3.8) is 0 Å². The van der Waals surface area contributed by atoms with Gasteiger partial charge in [-0.15, -0.1) is 6.58 Å². The van der Waals surface area contributed by atoms with Gasteiger partial charge in [-0.2, -0.15) is 0 Å². The number of benzene rings is 2. The van der Waals surface area contributed by atoms with Gasteiger partial charge >= 0.3 is 0 Å². The molecule has 196 valence electrons. The summed E-state index contributed by atoms with van der Waals surface area (Å²) >= 11 is 12.6. The minimum absolute atomic E-state index is 0.0111. The third-order valence-electron chi connectivity index (χ3n) is 7.29. The van der Waals surface area contributed by atoms with E-state index in [0.29, 0.717) is 35.9 Å². The Morgan fingerprint density at radius 1 is 1.14 bits per heavy atom. The van der Waals surface area contributed by atoms with Crippen molar-refractivity contribution in [2.75, 3.05) is 19.3 Å². The van der Waals surface area contributed by atoms with E-state index >= 15 is 0 Å². The fourth-order valence-electron chi connectivity index (χ4n) is 5.44. The van der Waals surface area contributed by atoms with Crippen molar-refractivity contribution < 1.29 is 13.2 Å². The van der Waals surface area contributed by atoms with Crippen LogP contribution >= 0.6 is 23.2 Å². The van der Waals surface area contributed by atoms with Gasteiger partial charge < -0.3 is 4.90 Å². The van der Waals surface area contributed by atoms with E-state index < -0.39 is 15.4 Å². The van der Waals surface area contributed by atoms with Gasteiger partial charge in [0.25, 0.3) is 0 Å². The van der Waals surface area contributed by atoms with Crippen molar-refractivity contribution >= 4 is 39.1 Å². The number of rotatable bonds is 10. The van der Waals surface area contributed by atoms with Crippen LogP contribution in [0.1, 0.15) is 63.1 Å². The number of carbonyl (C=O) groups is 1. The van der Waals surface area contributed by atoms with Crippen LogP contribution in [0.3, 0.4) is 0 Å². The second kappa shape index (κ2) is 11.7. The first-order chi connectivity index (χ1) is 16.9. The molecule has 1 saturated heterocycles. The van der Waals surface area contributed by atoms with Crippen molar-refractivity contribution in [1.82, 2.24) is 9.21 Å². The highest BCUT2D eigenvalue weighted by Gasteiger charge is 2.51. The van der Waals surface area contributed by atoms with E-state index in [-0.39, 0.29) is 30.5 Å². The lowest BCUT2D eigenvalue weighted by Crippen LogP contribution is -2.58. The fraction of sp³-hybridized carbons (Fsp3) is 0.464. The summed E-state index contributed by atoms with van der Waals surface area (Å²) in [5, 5.41) is 1.25. The van der Waals surface area contributed by atoms with E-state index in [4.69, 9.17) is 23.2 Å². The second-order valence-corrected chi connectivity index (χ2v) is 12.8. The van der Waals surface area contributed by atoms with Crippen LogP contribution in [0.2, 0.25) is 10.0 Å². The lowest BCUT2D eigenvalue weighted by atomic mass is 9.67. The van der Waals surface area contributed by atoms with Gasteiger partial charge in [-0.05, 0) is 54.7 Å². The lowest BCUT2D eigenvalue weighted by molar-refractivity contribution is -0.154. The summed E-state index contributed by atoms with van der Waals surface area (Å²) in [6, 6.07) is 14.8. The van der Waals surface area contributed by atoms with Crippen molar-refractivity contribution in [2.45, 2.75) is 58.0 Å². The molecule has 4 atom stereocenters. The van der Waals surface area contributed by atoms with E-state index in [1.165, 1.54) is 10.6 Å². The molecule has 0 N–H and O–H groups in total. The highest BCUT2D eigenvalue weighted by molar-refractivity contribution is 7.88. The average molecular weight is 552 g/mol. The van der Waals surface area contributed by atoms with Gasteiger partial charge in [-0.1, -0.05) is 74.3 Å². The number of allylic oxidation sites excluding steroid dienone is 1. The number of sulfonamides is 1. The Labute approximate surface area is 226 Å². The molecule has 1 heterocycles. The van der Waals surface area contributed by atoms with E-state index in [0.717, 1.165) is 11.1 Å². The summed E-state index contributed by atoms with van der Waals surface area (Å²) in [6.45, 7) is 10.3. The summed E-state index contributed by atoms with van der Waals surface area (Å²) in [4.78, 5) is 16.2. The van der Waals surface area contributed by atoms with Crippen molar-refractivity contribution in [1.29, 1.82) is 0 Å². The van der Waals surface area contributed by atoms with Gasteiger partial charge in [0.2, 0.25) is 15.9 Å². The third-order valence-corrected chi connectivity index (χ3v) is 9.12. The number of likely N-dealkylation sites (tertiary alicyclic amines) is 1. The third kappa shape index (κ3) is 6.16. The summed E-state index contributed by atoms with van der Waals surface area (Å²) in [5.74, 6) is -0.0492. The Kier molecular flexibility index (Phi) is 9.31. The molecule has 0 spiro atoms. The second-order valence-electron chi connectivity index (χ2n) is 9.90. The number of amides is 1. The van der Waals surface area contributed by atoms with Crippen molar-refractivity contribution in [3.05, 3.63) is 82.4 Å². The summed E-state index contributed by atoms with van der Waals surface area (Å²) in [5.41, 5.74) is 1.31. The molecule has 1 aliphatic heterocycles. The smallest absolute Gasteiger partial charge is 0.229 e. The van der Waals surface area contributed by atoms with Crippen LogP contribution in [-0.4, -0.2) is 48.9 Å². The molecule has 1 aliphatic rings. The molecule has 0 aliphatic carbocycles. The van der Waals surface area contributed by atoms with Crippen LogP contribution in [0.4, 0.5) is 0 Å². The van der Waals surface area contributed by atoms with E-state index in [2.05, 4.69) is 12.6 Å². The van der Waals surface area contributed by atoms with Gasteiger partial charge in [0.15, 0.2) is 0 Å². The molecule has 3 rings (SSSR count). The molecule has 5 nitrogen and oxygen atoms in total. The number of likely N-dealkylation sites (N-methyl/N-ethyl adjacent to an activating group) is 1. The molecular weight excluding hydrogens is 515 g/mol. The molecule has 1 unspecified atom stereocenters. The first-order valence-electron chi connectivity index (χ1n) is 12.3. The van der Waals surface area contributed by atoms with Crippen LogP contribution in [-0.2, 0) is 14.8 Å². The molecule has 36 heavy (non-hydrogen) atoms. The first-order valence-corrected chi connectivity index (χ1v) is 14.9. The van der Waals surface area contributed by atoms with Crippen LogP contribution < -0.4 is 0 Å². The highest BCUT2D eigenvalue weighted by atomic mass is 35.5. The summed E-state index contributed by atoms with van der Waals surface area (Å²) in [6.07, 6.45) is 4.75. The van der Waals surface area contributed by atoms with Crippen molar-refractivity contribution in [2.24, 2.45) is 5.41 Å². The first kappa shape index (κ1) is 28.7. The average Bonchev–Trinajstić information content (AvgIpc) is 2.82. The molecule has 0 radical (unpaired) electrons. The maximum Gasteiger partial charge on any atom is 0.229 e. The Balaban J connectivity index is 2.23. The Morgan fingerprint density at radius 3 is 2.33 bits per heavy atom. The van der Waals surface area contributed by atoms with Gasteiger partial charge in [0, 0.05) is 35.1 Å². The molecule has 8 heteroatoms. The highest BCUT2D eigenvalue weighted by Crippen LogP contribution is 2.52. The zero-order valence-electron chi connectivity index (χ0n) is 21.5. The van der Waals surface area contributed by atoms with E-state index in [1.54, 1.807) is 6.08 Å². The van der Waals surface area contributed by atoms with Gasteiger partial charge in [-0.3, -0.25) is 4.79 Å².